The van der Waals surface area contributed by atoms with Crippen LogP contribution in [0.3, 0.4) is 0 Å². The molecule has 0 spiro atoms. The van der Waals surface area contributed by atoms with Gasteiger partial charge in [-0.05, 0) is 12.1 Å². The highest BCUT2D eigenvalue weighted by Crippen LogP contribution is 2.27. The second kappa shape index (κ2) is 6.37. The van der Waals surface area contributed by atoms with Crippen molar-refractivity contribution in [2.24, 2.45) is 5.18 Å². The lowest BCUT2D eigenvalue weighted by molar-refractivity contribution is 0.0137. The van der Waals surface area contributed by atoms with Crippen molar-refractivity contribution in [1.29, 1.82) is 0 Å². The minimum atomic E-state index is -1.24. The van der Waals surface area contributed by atoms with Crippen LogP contribution >= 0.6 is 0 Å². The van der Waals surface area contributed by atoms with Gasteiger partial charge in [-0.3, -0.25) is 9.88 Å². The number of hydrogen-bond acceptors (Lipinski definition) is 5. The van der Waals surface area contributed by atoms with Crippen molar-refractivity contribution in [3.05, 3.63) is 35.0 Å². The van der Waals surface area contributed by atoms with Gasteiger partial charge in [0.15, 0.2) is 0 Å². The minimum Gasteiger partial charge on any atom is -0.465 e. The van der Waals surface area contributed by atoms with E-state index in [0.717, 1.165) is 9.80 Å². The normalized spacial score (nSPS) is 21.5. The molecule has 1 aromatic rings. The molecule has 1 unspecified atom stereocenters. The second-order valence-corrected chi connectivity index (χ2v) is 5.15. The van der Waals surface area contributed by atoms with Gasteiger partial charge in [-0.15, -0.1) is 0 Å². The van der Waals surface area contributed by atoms with Crippen LogP contribution in [-0.2, 0) is 6.42 Å². The molecule has 1 fully saturated rings. The molecule has 1 aliphatic heterocycles. The fourth-order valence-corrected chi connectivity index (χ4v) is 2.74. The standard InChI is InChI=1S/C13H16N4O5/c18-11(19)16-5-6-17(12(20)21)13(9-16,8-15-22)7-10-3-1-2-4-14-10/h1-4H,5-9H2,(H,18,19)(H,20,21). The van der Waals surface area contributed by atoms with Gasteiger partial charge >= 0.3 is 12.2 Å². The third kappa shape index (κ3) is 3.13. The molecule has 1 aromatic heterocycles. The lowest BCUT2D eigenvalue weighted by atomic mass is 9.88. The molecule has 0 bridgehead atoms. The van der Waals surface area contributed by atoms with E-state index in [2.05, 4.69) is 10.2 Å². The fourth-order valence-electron chi connectivity index (χ4n) is 2.74. The number of nitrogens with zero attached hydrogens (tertiary/aromatic N) is 4. The van der Waals surface area contributed by atoms with E-state index in [9.17, 15) is 19.6 Å². The number of carbonyl (C=O) groups is 2. The Labute approximate surface area is 126 Å². The van der Waals surface area contributed by atoms with Gasteiger partial charge in [0, 0.05) is 37.9 Å². The van der Waals surface area contributed by atoms with Crippen molar-refractivity contribution in [2.45, 2.75) is 12.0 Å². The maximum absolute atomic E-state index is 11.5. The van der Waals surface area contributed by atoms with Crippen LogP contribution in [0.15, 0.2) is 29.6 Å². The summed E-state index contributed by atoms with van der Waals surface area (Å²) in [5.74, 6) is 0. The summed E-state index contributed by atoms with van der Waals surface area (Å²) in [6, 6.07) is 5.16. The van der Waals surface area contributed by atoms with Gasteiger partial charge in [-0.25, -0.2) is 9.59 Å². The van der Waals surface area contributed by atoms with Gasteiger partial charge in [0.2, 0.25) is 0 Å². The highest BCUT2D eigenvalue weighted by Gasteiger charge is 2.46. The summed E-state index contributed by atoms with van der Waals surface area (Å²) in [6.45, 7) is -0.398. The monoisotopic (exact) mass is 308 g/mol. The Morgan fingerprint density at radius 1 is 1.27 bits per heavy atom. The van der Waals surface area contributed by atoms with Crippen LogP contribution in [-0.4, -0.2) is 68.9 Å². The molecule has 2 rings (SSSR count). The highest BCUT2D eigenvalue weighted by atomic mass is 16.4. The first-order valence-corrected chi connectivity index (χ1v) is 6.66. The summed E-state index contributed by atoms with van der Waals surface area (Å²) in [4.78, 5) is 39.9. The van der Waals surface area contributed by atoms with Gasteiger partial charge in [0.25, 0.3) is 0 Å². The smallest absolute Gasteiger partial charge is 0.407 e. The predicted molar refractivity (Wildman–Crippen MR) is 75.7 cm³/mol. The summed E-state index contributed by atoms with van der Waals surface area (Å²) in [6.07, 6.45) is -0.679. The summed E-state index contributed by atoms with van der Waals surface area (Å²) < 4.78 is 0. The van der Waals surface area contributed by atoms with Crippen LogP contribution in [0.5, 0.6) is 0 Å². The topological polar surface area (TPSA) is 123 Å². The first-order valence-electron chi connectivity index (χ1n) is 6.66. The minimum absolute atomic E-state index is 0.00993. The van der Waals surface area contributed by atoms with Crippen molar-refractivity contribution in [2.75, 3.05) is 26.2 Å². The summed E-state index contributed by atoms with van der Waals surface area (Å²) in [5, 5.41) is 21.4. The maximum atomic E-state index is 11.5. The Balaban J connectivity index is 2.37. The molecule has 1 aliphatic rings. The van der Waals surface area contributed by atoms with Crippen LogP contribution in [0.25, 0.3) is 0 Å². The predicted octanol–water partition coefficient (Wildman–Crippen LogP) is 1.10. The molecule has 0 aromatic carbocycles. The van der Waals surface area contributed by atoms with Gasteiger partial charge < -0.3 is 15.1 Å². The molecule has 9 nitrogen and oxygen atoms in total. The molecule has 118 valence electrons. The first-order chi connectivity index (χ1) is 10.5. The molecule has 22 heavy (non-hydrogen) atoms. The second-order valence-electron chi connectivity index (χ2n) is 5.15. The Morgan fingerprint density at radius 2 is 2.05 bits per heavy atom. The van der Waals surface area contributed by atoms with Crippen LogP contribution in [0.1, 0.15) is 5.69 Å². The summed E-state index contributed by atoms with van der Waals surface area (Å²) in [5.41, 5.74) is -0.664. The number of piperazine rings is 1. The van der Waals surface area contributed by atoms with E-state index < -0.39 is 17.7 Å². The number of amides is 2. The Kier molecular flexibility index (Phi) is 4.54. The van der Waals surface area contributed by atoms with Crippen molar-refractivity contribution >= 4 is 12.2 Å². The van der Waals surface area contributed by atoms with E-state index in [1.54, 1.807) is 24.4 Å². The van der Waals surface area contributed by atoms with Crippen LogP contribution < -0.4 is 0 Å². The van der Waals surface area contributed by atoms with E-state index in [0.29, 0.717) is 5.69 Å². The van der Waals surface area contributed by atoms with Crippen molar-refractivity contribution in [3.8, 4) is 0 Å². The molecule has 2 N–H and O–H groups in total. The Hall–Kier alpha value is -2.71. The SMILES string of the molecule is O=NCC1(Cc2ccccn2)CN(C(=O)O)CCN1C(=O)O. The van der Waals surface area contributed by atoms with E-state index in [1.807, 2.05) is 0 Å². The Bertz CT molecular complexity index is 567. The largest absolute Gasteiger partial charge is 0.465 e. The number of pyridine rings is 1. The number of rotatable bonds is 4. The van der Waals surface area contributed by atoms with Gasteiger partial charge in [-0.2, -0.15) is 4.91 Å². The van der Waals surface area contributed by atoms with Crippen LogP contribution in [0.4, 0.5) is 9.59 Å². The fraction of sp³-hybridized carbons (Fsp3) is 0.462. The molecule has 0 saturated carbocycles. The Morgan fingerprint density at radius 3 is 2.59 bits per heavy atom. The third-order valence-electron chi connectivity index (χ3n) is 3.75. The average molecular weight is 308 g/mol. The molecule has 1 atom stereocenters. The van der Waals surface area contributed by atoms with Crippen molar-refractivity contribution in [1.82, 2.24) is 14.8 Å². The molecule has 2 heterocycles. The molecule has 1 saturated heterocycles. The highest BCUT2D eigenvalue weighted by molar-refractivity contribution is 5.69. The van der Waals surface area contributed by atoms with Gasteiger partial charge in [-0.1, -0.05) is 11.2 Å². The number of nitroso groups, excluding NO2 is 1. The molecule has 2 amide bonds. The zero-order valence-electron chi connectivity index (χ0n) is 11.8. The van der Waals surface area contributed by atoms with E-state index >= 15 is 0 Å². The van der Waals surface area contributed by atoms with E-state index in [-0.39, 0.29) is 32.6 Å². The van der Waals surface area contributed by atoms with E-state index in [1.165, 1.54) is 0 Å². The number of hydrogen-bond donors (Lipinski definition) is 2. The molecular weight excluding hydrogens is 292 g/mol. The van der Waals surface area contributed by atoms with Crippen molar-refractivity contribution < 1.29 is 19.8 Å². The molecule has 0 aliphatic carbocycles. The molecule has 9 heteroatoms. The van der Waals surface area contributed by atoms with Gasteiger partial charge in [0.1, 0.15) is 6.54 Å². The van der Waals surface area contributed by atoms with Crippen LogP contribution in [0, 0.1) is 4.91 Å². The summed E-state index contributed by atoms with van der Waals surface area (Å²) in [7, 11) is 0. The van der Waals surface area contributed by atoms with Crippen molar-refractivity contribution in [3.63, 3.8) is 0 Å². The van der Waals surface area contributed by atoms with E-state index in [4.69, 9.17) is 5.11 Å². The average Bonchev–Trinajstić information content (AvgIpc) is 2.48. The number of aromatic nitrogens is 1. The quantitative estimate of drug-likeness (QED) is 0.803. The lowest BCUT2D eigenvalue weighted by Crippen LogP contribution is -2.67. The zero-order chi connectivity index (χ0) is 16.2. The van der Waals surface area contributed by atoms with Crippen LogP contribution in [0.2, 0.25) is 0 Å². The first kappa shape index (κ1) is 15.7. The summed E-state index contributed by atoms with van der Waals surface area (Å²) >= 11 is 0. The molecular formula is C13H16N4O5. The number of carboxylic acid groups (broad SMARTS) is 2. The molecule has 0 radical (unpaired) electrons. The zero-order valence-corrected chi connectivity index (χ0v) is 11.8. The maximum Gasteiger partial charge on any atom is 0.407 e. The van der Waals surface area contributed by atoms with Gasteiger partial charge in [0.05, 0.1) is 5.54 Å². The third-order valence-corrected chi connectivity index (χ3v) is 3.75. The lowest BCUT2D eigenvalue weighted by Gasteiger charge is -2.47.